The highest BCUT2D eigenvalue weighted by molar-refractivity contribution is 6.00. The van der Waals surface area contributed by atoms with E-state index < -0.39 is 28.4 Å². The zero-order valence-corrected chi connectivity index (χ0v) is 26.7. The molecule has 9 nitrogen and oxygen atoms in total. The molecule has 47 heavy (non-hydrogen) atoms. The number of hydrogen-bond acceptors (Lipinski definition) is 8. The first kappa shape index (κ1) is 33.5. The molecule has 1 N–H and O–H groups in total. The number of carbonyl (C=O) groups excluding carboxylic acids is 2. The third-order valence-electron chi connectivity index (χ3n) is 8.93. The number of rotatable bonds is 10. The second-order valence-electron chi connectivity index (χ2n) is 12.3. The summed E-state index contributed by atoms with van der Waals surface area (Å²) in [5.74, 6) is -3.03. The number of allylic oxidation sites excluding steroid dienone is 2. The Hall–Kier alpha value is -4.90. The first-order chi connectivity index (χ1) is 22.4. The molecule has 0 unspecified atom stereocenters. The highest BCUT2D eigenvalue weighted by Gasteiger charge is 2.43. The van der Waals surface area contributed by atoms with Crippen LogP contribution in [0.15, 0.2) is 95.3 Å². The molecule has 11 heteroatoms. The number of benzene rings is 3. The fraction of sp³-hybridized carbons (Fsp3) is 0.333. The van der Waals surface area contributed by atoms with Crippen LogP contribution in [-0.4, -0.2) is 54.1 Å². The summed E-state index contributed by atoms with van der Waals surface area (Å²) in [4.78, 5) is 40.3. The van der Waals surface area contributed by atoms with Crippen LogP contribution in [0.25, 0.3) is 0 Å². The van der Waals surface area contributed by atoms with E-state index in [-0.39, 0.29) is 34.4 Å². The number of methoxy groups -OCH3 is 1. The Balaban J connectivity index is 1.35. The molecule has 2 atom stereocenters. The van der Waals surface area contributed by atoms with E-state index in [0.717, 1.165) is 11.1 Å². The third-order valence-corrected chi connectivity index (χ3v) is 8.93. The summed E-state index contributed by atoms with van der Waals surface area (Å²) in [5, 5.41) is 14.7. The van der Waals surface area contributed by atoms with Gasteiger partial charge >= 0.3 is 11.9 Å². The molecule has 2 aliphatic heterocycles. The van der Waals surface area contributed by atoms with Crippen LogP contribution in [0.5, 0.6) is 0 Å². The Labute approximate surface area is 272 Å². The van der Waals surface area contributed by atoms with Crippen molar-refractivity contribution in [1.82, 2.24) is 10.2 Å². The maximum atomic E-state index is 14.0. The highest BCUT2D eigenvalue weighted by Crippen LogP contribution is 2.41. The number of nitrogens with one attached hydrogen (secondary N) is 1. The van der Waals surface area contributed by atoms with E-state index in [0.29, 0.717) is 49.4 Å². The maximum absolute atomic E-state index is 14.0. The summed E-state index contributed by atoms with van der Waals surface area (Å²) in [6, 6.07) is 18.5. The quantitative estimate of drug-likeness (QED) is 0.151. The van der Waals surface area contributed by atoms with Gasteiger partial charge in [-0.1, -0.05) is 36.4 Å². The van der Waals surface area contributed by atoms with E-state index in [1.54, 1.807) is 44.2 Å². The summed E-state index contributed by atoms with van der Waals surface area (Å²) in [7, 11) is 1.24. The molecular formula is C36H37F2N3O6. The van der Waals surface area contributed by atoms with Gasteiger partial charge in [0.2, 0.25) is 0 Å². The van der Waals surface area contributed by atoms with Gasteiger partial charge in [-0.3, -0.25) is 15.0 Å². The Morgan fingerprint density at radius 1 is 0.979 bits per heavy atom. The van der Waals surface area contributed by atoms with Crippen molar-refractivity contribution in [2.75, 3.05) is 26.7 Å². The van der Waals surface area contributed by atoms with Crippen molar-refractivity contribution in [2.24, 2.45) is 0 Å². The van der Waals surface area contributed by atoms with Crippen LogP contribution in [0.1, 0.15) is 62.1 Å². The number of esters is 2. The fourth-order valence-corrected chi connectivity index (χ4v) is 6.60. The van der Waals surface area contributed by atoms with Crippen molar-refractivity contribution in [2.45, 2.75) is 51.0 Å². The Kier molecular flexibility index (Phi) is 9.85. The predicted molar refractivity (Wildman–Crippen MR) is 171 cm³/mol. The Morgan fingerprint density at radius 3 is 2.11 bits per heavy atom. The van der Waals surface area contributed by atoms with Crippen LogP contribution >= 0.6 is 0 Å². The number of nitro groups is 1. The summed E-state index contributed by atoms with van der Waals surface area (Å²) < 4.78 is 38.6. The smallest absolute Gasteiger partial charge is 0.337 e. The minimum absolute atomic E-state index is 0.103. The van der Waals surface area contributed by atoms with Gasteiger partial charge < -0.3 is 14.8 Å². The molecule has 0 radical (unpaired) electrons. The molecular weight excluding hydrogens is 608 g/mol. The lowest BCUT2D eigenvalue weighted by Crippen LogP contribution is -2.39. The summed E-state index contributed by atoms with van der Waals surface area (Å²) in [5.41, 5.74) is 2.45. The van der Waals surface area contributed by atoms with Crippen LogP contribution in [0.2, 0.25) is 0 Å². The largest absolute Gasteiger partial charge is 0.466 e. The van der Waals surface area contributed by atoms with Gasteiger partial charge in [0.15, 0.2) is 0 Å². The van der Waals surface area contributed by atoms with Crippen molar-refractivity contribution in [3.63, 3.8) is 0 Å². The number of carbonyl (C=O) groups is 2. The van der Waals surface area contributed by atoms with Crippen LogP contribution in [0.3, 0.4) is 0 Å². The molecule has 0 bridgehead atoms. The van der Waals surface area contributed by atoms with Crippen molar-refractivity contribution in [3.05, 3.63) is 134 Å². The minimum atomic E-state index is -0.954. The zero-order valence-electron chi connectivity index (χ0n) is 26.7. The van der Waals surface area contributed by atoms with Crippen molar-refractivity contribution >= 4 is 17.6 Å². The van der Waals surface area contributed by atoms with Gasteiger partial charge in [0.1, 0.15) is 17.2 Å². The normalized spacial score (nSPS) is 19.9. The number of nitro benzene ring substituents is 1. The molecule has 2 heterocycles. The highest BCUT2D eigenvalue weighted by atomic mass is 19.1. The van der Waals surface area contributed by atoms with Crippen LogP contribution in [0, 0.1) is 21.7 Å². The van der Waals surface area contributed by atoms with Gasteiger partial charge in [-0.25, -0.2) is 18.4 Å². The van der Waals surface area contributed by atoms with Crippen molar-refractivity contribution in [3.8, 4) is 0 Å². The molecule has 0 aromatic heterocycles. The number of nitrogens with zero attached hydrogens (tertiary/aromatic N) is 2. The summed E-state index contributed by atoms with van der Waals surface area (Å²) in [6.45, 7) is 6.98. The van der Waals surface area contributed by atoms with E-state index in [1.165, 1.54) is 49.6 Å². The second kappa shape index (κ2) is 13.8. The molecule has 2 aliphatic rings. The van der Waals surface area contributed by atoms with Crippen LogP contribution in [-0.2, 0) is 19.1 Å². The van der Waals surface area contributed by atoms with Gasteiger partial charge in [-0.05, 0) is 74.7 Å². The van der Waals surface area contributed by atoms with Gasteiger partial charge in [0.05, 0.1) is 29.1 Å². The first-order valence-electron chi connectivity index (χ1n) is 15.4. The van der Waals surface area contributed by atoms with Gasteiger partial charge in [-0.15, -0.1) is 0 Å². The number of hydrogen-bond donors (Lipinski definition) is 1. The van der Waals surface area contributed by atoms with Gasteiger partial charge in [-0.2, -0.15) is 0 Å². The van der Waals surface area contributed by atoms with E-state index in [1.807, 2.05) is 6.92 Å². The number of ether oxygens (including phenoxy) is 2. The number of non-ortho nitro benzene ring substituents is 1. The summed E-state index contributed by atoms with van der Waals surface area (Å²) >= 11 is 0. The maximum Gasteiger partial charge on any atom is 0.337 e. The van der Waals surface area contributed by atoms with Crippen molar-refractivity contribution < 1.29 is 32.8 Å². The Bertz CT molecular complexity index is 1690. The standard InChI is InChI=1S/C36H37F2N3O6/c1-22-31(34(42)46-4)33(26-6-5-7-29(20-26)41(44)45)32(23(2)39-22)35(43)47-36(3)17-19-40(21-36)18-16-30(24-8-12-27(37)13-9-24)25-10-14-28(38)15-11-25/h5-15,20,30,33,39H,16-19,21H2,1-4H3/t33-,36-/m0/s1. The van der Waals surface area contributed by atoms with E-state index in [2.05, 4.69) is 10.2 Å². The lowest BCUT2D eigenvalue weighted by atomic mass is 9.80. The molecule has 246 valence electrons. The SMILES string of the molecule is COC(=O)C1=C(C)NC(C)=C(C(=O)O[C@@]2(C)CCN(CCC(c3ccc(F)cc3)c3ccc(F)cc3)C2)[C@H]1c1cccc([N+](=O)[O-])c1. The third kappa shape index (κ3) is 7.41. The lowest BCUT2D eigenvalue weighted by Gasteiger charge is -2.33. The molecule has 1 saturated heterocycles. The second-order valence-corrected chi connectivity index (χ2v) is 12.3. The lowest BCUT2D eigenvalue weighted by molar-refractivity contribution is -0.384. The molecule has 0 amide bonds. The predicted octanol–water partition coefficient (Wildman–Crippen LogP) is 6.51. The molecule has 3 aromatic carbocycles. The number of halogens is 2. The number of likely N-dealkylation sites (tertiary alicyclic amines) is 1. The molecule has 5 rings (SSSR count). The van der Waals surface area contributed by atoms with Crippen LogP contribution < -0.4 is 5.32 Å². The van der Waals surface area contributed by atoms with Gasteiger partial charge in [0.25, 0.3) is 5.69 Å². The Morgan fingerprint density at radius 2 is 1.55 bits per heavy atom. The molecule has 0 aliphatic carbocycles. The van der Waals surface area contributed by atoms with Crippen molar-refractivity contribution in [1.29, 1.82) is 0 Å². The topological polar surface area (TPSA) is 111 Å². The zero-order chi connectivity index (χ0) is 33.9. The minimum Gasteiger partial charge on any atom is -0.466 e. The molecule has 1 fully saturated rings. The molecule has 0 saturated carbocycles. The molecule has 3 aromatic rings. The van der Waals surface area contributed by atoms with E-state index >= 15 is 0 Å². The van der Waals surface area contributed by atoms with E-state index in [4.69, 9.17) is 9.47 Å². The van der Waals surface area contributed by atoms with Gasteiger partial charge in [0, 0.05) is 49.0 Å². The summed E-state index contributed by atoms with van der Waals surface area (Å²) in [6.07, 6.45) is 1.22. The first-order valence-corrected chi connectivity index (χ1v) is 15.4. The van der Waals surface area contributed by atoms with E-state index in [9.17, 15) is 28.5 Å². The van der Waals surface area contributed by atoms with Crippen LogP contribution in [0.4, 0.5) is 14.5 Å². The monoisotopic (exact) mass is 645 g/mol. The average Bonchev–Trinajstić information content (AvgIpc) is 3.41. The fourth-order valence-electron chi connectivity index (χ4n) is 6.60. The average molecular weight is 646 g/mol. The number of dihydropyridines is 1. The molecule has 0 spiro atoms.